The van der Waals surface area contributed by atoms with E-state index in [1.54, 1.807) is 24.3 Å². The van der Waals surface area contributed by atoms with Crippen LogP contribution in [0.15, 0.2) is 76.4 Å². The van der Waals surface area contributed by atoms with Crippen molar-refractivity contribution < 1.29 is 18.5 Å². The minimum atomic E-state index is -3.51. The maximum Gasteiger partial charge on any atom is 0.287 e. The summed E-state index contributed by atoms with van der Waals surface area (Å²) in [5, 5.41) is 9.17. The monoisotopic (exact) mass is 395 g/mol. The van der Waals surface area contributed by atoms with E-state index in [1.165, 1.54) is 42.9 Å². The molecular formula is C20H14FN3O3S. The average molecular weight is 395 g/mol. The standard InChI is InChI=1S/C20H14FN3O3S/c21-14-28(27,18-4-2-1-3-5-18)24-20(26)17-10-16(11-22-13-17)7-6-15-8-9-19(25)23-12-15/h1-5,8-13H,14H2,(H,23,25). The van der Waals surface area contributed by atoms with Gasteiger partial charge in [0, 0.05) is 35.8 Å². The fourth-order valence-corrected chi connectivity index (χ4v) is 3.43. The third-order valence-electron chi connectivity index (χ3n) is 3.57. The van der Waals surface area contributed by atoms with Gasteiger partial charge < -0.3 is 5.11 Å². The van der Waals surface area contributed by atoms with Crippen molar-refractivity contribution >= 4 is 15.6 Å². The van der Waals surface area contributed by atoms with Crippen LogP contribution in [0.5, 0.6) is 5.88 Å². The maximum atomic E-state index is 13.4. The van der Waals surface area contributed by atoms with Crippen LogP contribution in [0.1, 0.15) is 21.5 Å². The van der Waals surface area contributed by atoms with Crippen molar-refractivity contribution in [2.24, 2.45) is 4.36 Å². The largest absolute Gasteiger partial charge is 0.493 e. The Morgan fingerprint density at radius 1 is 1.07 bits per heavy atom. The van der Waals surface area contributed by atoms with E-state index >= 15 is 0 Å². The first-order valence-electron chi connectivity index (χ1n) is 8.02. The van der Waals surface area contributed by atoms with Crippen LogP contribution < -0.4 is 0 Å². The van der Waals surface area contributed by atoms with Crippen molar-refractivity contribution in [1.82, 2.24) is 9.97 Å². The van der Waals surface area contributed by atoms with Crippen LogP contribution in [-0.2, 0) is 9.73 Å². The number of halogens is 1. The minimum absolute atomic E-state index is 0.0488. The summed E-state index contributed by atoms with van der Waals surface area (Å²) in [7, 11) is -3.51. The number of pyridine rings is 2. The lowest BCUT2D eigenvalue weighted by molar-refractivity contribution is 0.100. The number of carbonyl (C=O) groups excluding carboxylic acids is 1. The molecule has 0 radical (unpaired) electrons. The highest BCUT2D eigenvalue weighted by atomic mass is 32.2. The van der Waals surface area contributed by atoms with E-state index in [2.05, 4.69) is 26.2 Å². The van der Waals surface area contributed by atoms with Gasteiger partial charge in [0.2, 0.25) is 5.88 Å². The van der Waals surface area contributed by atoms with Crippen LogP contribution in [0, 0.1) is 11.8 Å². The molecule has 1 N–H and O–H groups in total. The quantitative estimate of drug-likeness (QED) is 0.688. The number of benzene rings is 1. The number of hydrogen-bond donors (Lipinski definition) is 1. The molecule has 6 nitrogen and oxygen atoms in total. The summed E-state index contributed by atoms with van der Waals surface area (Å²) in [5.41, 5.74) is 1.03. The average Bonchev–Trinajstić information content (AvgIpc) is 2.74. The Morgan fingerprint density at radius 3 is 2.50 bits per heavy atom. The SMILES string of the molecule is O=C(N=S(=O)(CF)c1ccccc1)c1cncc(C#Cc2ccc(O)nc2)c1. The molecule has 0 aliphatic rings. The molecule has 140 valence electrons. The number of alkyl halides is 1. The number of aromatic hydroxyl groups is 1. The lowest BCUT2D eigenvalue weighted by Crippen LogP contribution is -2.08. The minimum Gasteiger partial charge on any atom is -0.493 e. The number of hydrogen-bond acceptors (Lipinski definition) is 5. The smallest absolute Gasteiger partial charge is 0.287 e. The van der Waals surface area contributed by atoms with Gasteiger partial charge in [0.05, 0.1) is 10.5 Å². The Morgan fingerprint density at radius 2 is 1.82 bits per heavy atom. The summed E-state index contributed by atoms with van der Waals surface area (Å²) in [4.78, 5) is 20.2. The van der Waals surface area contributed by atoms with E-state index < -0.39 is 21.6 Å². The van der Waals surface area contributed by atoms with E-state index in [0.29, 0.717) is 11.1 Å². The van der Waals surface area contributed by atoms with E-state index in [9.17, 15) is 13.4 Å². The summed E-state index contributed by atoms with van der Waals surface area (Å²) in [6.45, 7) is 0. The molecule has 0 fully saturated rings. The molecule has 1 unspecified atom stereocenters. The fraction of sp³-hybridized carbons (Fsp3) is 0.0500. The molecule has 3 rings (SSSR count). The molecule has 0 spiro atoms. The summed E-state index contributed by atoms with van der Waals surface area (Å²) in [6, 6.07) is 11.0. The van der Waals surface area contributed by atoms with E-state index in [1.807, 2.05) is 0 Å². The second kappa shape index (κ2) is 8.41. The molecule has 2 aromatic heterocycles. The Kier molecular flexibility index (Phi) is 5.77. The molecule has 0 saturated heterocycles. The summed E-state index contributed by atoms with van der Waals surface area (Å²) in [6.07, 6.45) is 4.10. The topological polar surface area (TPSA) is 92.5 Å². The molecule has 8 heteroatoms. The lowest BCUT2D eigenvalue weighted by atomic mass is 10.2. The van der Waals surface area contributed by atoms with Crippen LogP contribution in [-0.4, -0.2) is 31.2 Å². The number of rotatable bonds is 3. The van der Waals surface area contributed by atoms with Crippen molar-refractivity contribution in [2.75, 3.05) is 6.01 Å². The van der Waals surface area contributed by atoms with Gasteiger partial charge in [-0.25, -0.2) is 13.6 Å². The lowest BCUT2D eigenvalue weighted by Gasteiger charge is -2.05. The molecular weight excluding hydrogens is 381 g/mol. The predicted molar refractivity (Wildman–Crippen MR) is 102 cm³/mol. The van der Waals surface area contributed by atoms with Gasteiger partial charge in [-0.2, -0.15) is 4.36 Å². The highest BCUT2D eigenvalue weighted by Gasteiger charge is 2.16. The first-order chi connectivity index (χ1) is 13.5. The first kappa shape index (κ1) is 19.2. The van der Waals surface area contributed by atoms with Crippen LogP contribution in [0.3, 0.4) is 0 Å². The predicted octanol–water partition coefficient (Wildman–Crippen LogP) is 3.18. The Bertz CT molecular complexity index is 1180. The van der Waals surface area contributed by atoms with Gasteiger partial charge in [-0.1, -0.05) is 30.0 Å². The van der Waals surface area contributed by atoms with Gasteiger partial charge in [-0.05, 0) is 24.3 Å². The van der Waals surface area contributed by atoms with Gasteiger partial charge in [-0.15, -0.1) is 0 Å². The highest BCUT2D eigenvalue weighted by Crippen LogP contribution is 2.16. The normalized spacial score (nSPS) is 12.3. The fourth-order valence-electron chi connectivity index (χ4n) is 2.19. The van der Waals surface area contributed by atoms with Crippen molar-refractivity contribution in [3.8, 4) is 17.7 Å². The van der Waals surface area contributed by atoms with Gasteiger partial charge >= 0.3 is 0 Å². The van der Waals surface area contributed by atoms with E-state index in [-0.39, 0.29) is 16.3 Å². The Labute approximate surface area is 161 Å². The molecule has 28 heavy (non-hydrogen) atoms. The second-order valence-corrected chi connectivity index (χ2v) is 7.73. The number of amides is 1. The van der Waals surface area contributed by atoms with Gasteiger partial charge in [0.25, 0.3) is 5.91 Å². The van der Waals surface area contributed by atoms with E-state index in [4.69, 9.17) is 5.11 Å². The highest BCUT2D eigenvalue weighted by molar-refractivity contribution is 7.93. The Hall–Kier alpha value is -3.57. The third kappa shape index (κ3) is 4.58. The summed E-state index contributed by atoms with van der Waals surface area (Å²) < 4.78 is 29.8. The molecule has 1 atom stereocenters. The molecule has 0 bridgehead atoms. The van der Waals surface area contributed by atoms with Crippen LogP contribution >= 0.6 is 0 Å². The number of nitrogens with zero attached hydrogens (tertiary/aromatic N) is 3. The number of carbonyl (C=O) groups is 1. The van der Waals surface area contributed by atoms with Crippen molar-refractivity contribution in [3.63, 3.8) is 0 Å². The number of aromatic nitrogens is 2. The zero-order chi connectivity index (χ0) is 20.0. The Balaban J connectivity index is 1.90. The van der Waals surface area contributed by atoms with Crippen molar-refractivity contribution in [2.45, 2.75) is 4.90 Å². The van der Waals surface area contributed by atoms with Crippen molar-refractivity contribution in [3.05, 3.63) is 83.8 Å². The maximum absolute atomic E-state index is 13.4. The van der Waals surface area contributed by atoms with Gasteiger partial charge in [0.15, 0.2) is 6.01 Å². The van der Waals surface area contributed by atoms with Crippen LogP contribution in [0.4, 0.5) is 4.39 Å². The van der Waals surface area contributed by atoms with Crippen molar-refractivity contribution in [1.29, 1.82) is 0 Å². The first-order valence-corrected chi connectivity index (χ1v) is 9.71. The van der Waals surface area contributed by atoms with Crippen LogP contribution in [0.2, 0.25) is 0 Å². The molecule has 1 amide bonds. The molecule has 2 heterocycles. The zero-order valence-electron chi connectivity index (χ0n) is 14.4. The molecule has 0 aliphatic carbocycles. The summed E-state index contributed by atoms with van der Waals surface area (Å²) >= 11 is 0. The summed E-state index contributed by atoms with van der Waals surface area (Å²) in [5.74, 6) is 4.67. The molecule has 3 aromatic rings. The van der Waals surface area contributed by atoms with Crippen LogP contribution in [0.25, 0.3) is 0 Å². The third-order valence-corrected chi connectivity index (χ3v) is 5.34. The molecule has 0 aliphatic heterocycles. The molecule has 1 aromatic carbocycles. The van der Waals surface area contributed by atoms with Gasteiger partial charge in [0.1, 0.15) is 9.73 Å². The zero-order valence-corrected chi connectivity index (χ0v) is 15.3. The molecule has 0 saturated carbocycles. The van der Waals surface area contributed by atoms with Gasteiger partial charge in [-0.3, -0.25) is 9.78 Å². The second-order valence-electron chi connectivity index (χ2n) is 5.58. The van der Waals surface area contributed by atoms with E-state index in [0.717, 1.165) is 0 Å².